The molecule has 1 heteroatoms. The van der Waals surface area contributed by atoms with Gasteiger partial charge >= 0.3 is 0 Å². The van der Waals surface area contributed by atoms with Crippen molar-refractivity contribution in [3.05, 3.63) is 48.0 Å². The van der Waals surface area contributed by atoms with E-state index in [9.17, 15) is 5.11 Å². The summed E-state index contributed by atoms with van der Waals surface area (Å²) in [6.07, 6.45) is 3.40. The smallest absolute Gasteiger partial charge is 0.119 e. The summed E-state index contributed by atoms with van der Waals surface area (Å²) in [6.45, 7) is 5.47. The first-order chi connectivity index (χ1) is 5.79. The van der Waals surface area contributed by atoms with Crippen molar-refractivity contribution in [3.63, 3.8) is 0 Å². The van der Waals surface area contributed by atoms with Gasteiger partial charge in [-0.1, -0.05) is 36.9 Å². The van der Waals surface area contributed by atoms with Crippen LogP contribution in [-0.4, -0.2) is 5.11 Å². The maximum Gasteiger partial charge on any atom is 0.119 e. The molecule has 1 N–H and O–H groups in total. The molecule has 0 heterocycles. The summed E-state index contributed by atoms with van der Waals surface area (Å²) in [7, 11) is 0. The van der Waals surface area contributed by atoms with Crippen LogP contribution in [0.15, 0.2) is 36.9 Å². The molecular weight excluding hydrogens is 148 g/mol. The zero-order valence-electron chi connectivity index (χ0n) is 7.12. The third-order valence-corrected chi connectivity index (χ3v) is 1.73. The second kappa shape index (κ2) is 3.77. The van der Waals surface area contributed by atoms with Gasteiger partial charge in [0, 0.05) is 5.56 Å². The van der Waals surface area contributed by atoms with Gasteiger partial charge in [0.1, 0.15) is 5.76 Å². The standard InChI is InChI=1S/C11H12O/c1-3-9-7-5-6-8-10(9)11(12)4-2/h3-8,12H,1H2,2H3/b11-4+. The molecule has 0 atom stereocenters. The van der Waals surface area contributed by atoms with Crippen LogP contribution in [0.3, 0.4) is 0 Å². The summed E-state index contributed by atoms with van der Waals surface area (Å²) >= 11 is 0. The Kier molecular flexibility index (Phi) is 2.70. The minimum Gasteiger partial charge on any atom is -0.508 e. The lowest BCUT2D eigenvalue weighted by Gasteiger charge is -2.03. The van der Waals surface area contributed by atoms with Gasteiger partial charge in [0.2, 0.25) is 0 Å². The molecule has 1 aromatic carbocycles. The van der Waals surface area contributed by atoms with Crippen molar-refractivity contribution in [2.45, 2.75) is 6.92 Å². The Hall–Kier alpha value is -1.50. The van der Waals surface area contributed by atoms with Gasteiger partial charge in [0.15, 0.2) is 0 Å². The van der Waals surface area contributed by atoms with E-state index in [2.05, 4.69) is 6.58 Å². The highest BCUT2D eigenvalue weighted by molar-refractivity contribution is 5.69. The van der Waals surface area contributed by atoms with E-state index >= 15 is 0 Å². The minimum atomic E-state index is 0.297. The molecule has 0 aliphatic rings. The first-order valence-electron chi connectivity index (χ1n) is 3.86. The van der Waals surface area contributed by atoms with E-state index < -0.39 is 0 Å². The SMILES string of the molecule is C=Cc1ccccc1/C(O)=C\C. The average Bonchev–Trinajstić information content (AvgIpc) is 2.16. The van der Waals surface area contributed by atoms with Crippen LogP contribution in [0.25, 0.3) is 11.8 Å². The maximum absolute atomic E-state index is 9.45. The Morgan fingerprint density at radius 3 is 2.67 bits per heavy atom. The fourth-order valence-corrected chi connectivity index (χ4v) is 1.06. The van der Waals surface area contributed by atoms with Crippen LogP contribution >= 0.6 is 0 Å². The van der Waals surface area contributed by atoms with E-state index in [1.807, 2.05) is 24.3 Å². The van der Waals surface area contributed by atoms with Gasteiger partial charge in [-0.15, -0.1) is 0 Å². The van der Waals surface area contributed by atoms with Crippen LogP contribution in [0.5, 0.6) is 0 Å². The van der Waals surface area contributed by atoms with Crippen molar-refractivity contribution in [2.75, 3.05) is 0 Å². The van der Waals surface area contributed by atoms with Crippen LogP contribution in [-0.2, 0) is 0 Å². The van der Waals surface area contributed by atoms with Crippen molar-refractivity contribution in [3.8, 4) is 0 Å². The van der Waals surface area contributed by atoms with E-state index in [1.165, 1.54) is 0 Å². The van der Waals surface area contributed by atoms with E-state index in [4.69, 9.17) is 0 Å². The Balaban J connectivity index is 3.22. The second-order valence-corrected chi connectivity index (χ2v) is 2.47. The monoisotopic (exact) mass is 160 g/mol. The van der Waals surface area contributed by atoms with Gasteiger partial charge in [-0.3, -0.25) is 0 Å². The van der Waals surface area contributed by atoms with Crippen LogP contribution < -0.4 is 0 Å². The van der Waals surface area contributed by atoms with Crippen molar-refractivity contribution in [2.24, 2.45) is 0 Å². The molecule has 0 aromatic heterocycles. The van der Waals surface area contributed by atoms with Gasteiger partial charge in [0.05, 0.1) is 0 Å². The Morgan fingerprint density at radius 2 is 2.08 bits per heavy atom. The molecule has 1 aromatic rings. The lowest BCUT2D eigenvalue weighted by molar-refractivity contribution is 0.511. The molecule has 0 aliphatic carbocycles. The number of benzene rings is 1. The summed E-state index contributed by atoms with van der Waals surface area (Å²) in [4.78, 5) is 0. The molecule has 0 bridgehead atoms. The number of allylic oxidation sites excluding steroid dienone is 1. The fraction of sp³-hybridized carbons (Fsp3) is 0.0909. The molecule has 62 valence electrons. The second-order valence-electron chi connectivity index (χ2n) is 2.47. The van der Waals surface area contributed by atoms with Crippen molar-refractivity contribution < 1.29 is 5.11 Å². The van der Waals surface area contributed by atoms with E-state index in [0.717, 1.165) is 11.1 Å². The first kappa shape index (κ1) is 8.60. The number of rotatable bonds is 2. The molecule has 0 saturated carbocycles. The number of aliphatic hydroxyl groups is 1. The van der Waals surface area contributed by atoms with Gasteiger partial charge in [0.25, 0.3) is 0 Å². The first-order valence-corrected chi connectivity index (χ1v) is 3.86. The highest BCUT2D eigenvalue weighted by Crippen LogP contribution is 2.17. The lowest BCUT2D eigenvalue weighted by Crippen LogP contribution is -1.85. The molecule has 0 radical (unpaired) electrons. The summed E-state index contributed by atoms with van der Waals surface area (Å²) in [5.41, 5.74) is 1.78. The van der Waals surface area contributed by atoms with Crippen molar-refractivity contribution in [1.29, 1.82) is 0 Å². The van der Waals surface area contributed by atoms with Crippen molar-refractivity contribution >= 4 is 11.8 Å². The van der Waals surface area contributed by atoms with Crippen LogP contribution in [0.4, 0.5) is 0 Å². The van der Waals surface area contributed by atoms with Crippen LogP contribution in [0, 0.1) is 0 Å². The van der Waals surface area contributed by atoms with Crippen LogP contribution in [0.2, 0.25) is 0 Å². The fourth-order valence-electron chi connectivity index (χ4n) is 1.06. The molecule has 0 fully saturated rings. The quantitative estimate of drug-likeness (QED) is 0.658. The predicted molar refractivity (Wildman–Crippen MR) is 52.8 cm³/mol. The van der Waals surface area contributed by atoms with E-state index in [-0.39, 0.29) is 0 Å². The van der Waals surface area contributed by atoms with Gasteiger partial charge < -0.3 is 5.11 Å². The molecule has 0 amide bonds. The molecule has 12 heavy (non-hydrogen) atoms. The molecule has 1 rings (SSSR count). The third-order valence-electron chi connectivity index (χ3n) is 1.73. The topological polar surface area (TPSA) is 20.2 Å². The van der Waals surface area contributed by atoms with Gasteiger partial charge in [-0.25, -0.2) is 0 Å². The lowest BCUT2D eigenvalue weighted by atomic mass is 10.1. The van der Waals surface area contributed by atoms with Gasteiger partial charge in [-0.05, 0) is 18.6 Å². The number of hydrogen-bond acceptors (Lipinski definition) is 1. The zero-order valence-corrected chi connectivity index (χ0v) is 7.12. The molecule has 0 unspecified atom stereocenters. The number of hydrogen-bond donors (Lipinski definition) is 1. The Morgan fingerprint density at radius 1 is 1.42 bits per heavy atom. The van der Waals surface area contributed by atoms with Crippen LogP contribution in [0.1, 0.15) is 18.1 Å². The number of aliphatic hydroxyl groups excluding tert-OH is 1. The zero-order chi connectivity index (χ0) is 8.97. The molecule has 0 spiro atoms. The predicted octanol–water partition coefficient (Wildman–Crippen LogP) is 3.25. The summed E-state index contributed by atoms with van der Waals surface area (Å²) in [5.74, 6) is 0.297. The third kappa shape index (κ3) is 1.56. The van der Waals surface area contributed by atoms with Crippen molar-refractivity contribution in [1.82, 2.24) is 0 Å². The summed E-state index contributed by atoms with van der Waals surface area (Å²) in [6, 6.07) is 7.60. The molecule has 1 nitrogen and oxygen atoms in total. The molecule has 0 saturated heterocycles. The summed E-state index contributed by atoms with van der Waals surface area (Å²) in [5, 5.41) is 9.45. The molecule has 0 aliphatic heterocycles. The summed E-state index contributed by atoms with van der Waals surface area (Å²) < 4.78 is 0. The Bertz CT molecular complexity index is 311. The van der Waals surface area contributed by atoms with Gasteiger partial charge in [-0.2, -0.15) is 0 Å². The maximum atomic E-state index is 9.45. The minimum absolute atomic E-state index is 0.297. The highest BCUT2D eigenvalue weighted by atomic mass is 16.3. The Labute approximate surface area is 72.7 Å². The molecular formula is C11H12O. The average molecular weight is 160 g/mol. The van der Waals surface area contributed by atoms with E-state index in [0.29, 0.717) is 5.76 Å². The largest absolute Gasteiger partial charge is 0.508 e. The normalized spacial score (nSPS) is 11.2. The van der Waals surface area contributed by atoms with E-state index in [1.54, 1.807) is 19.1 Å². The highest BCUT2D eigenvalue weighted by Gasteiger charge is 2.00.